The number of amides is 2. The van der Waals surface area contributed by atoms with Crippen molar-refractivity contribution >= 4 is 34.4 Å². The molecule has 5 N–H and O–H groups in total. The van der Waals surface area contributed by atoms with Gasteiger partial charge in [-0.3, -0.25) is 14.6 Å². The predicted molar refractivity (Wildman–Crippen MR) is 170 cm³/mol. The topological polar surface area (TPSA) is 165 Å². The number of nitrogens with one attached hydrogen (secondary N) is 2. The Hall–Kier alpha value is -5.70. The molecule has 0 unspecified atom stereocenters. The number of fused-ring (bicyclic) bond motifs is 2. The number of carbonyl (C=O) groups is 2. The van der Waals surface area contributed by atoms with Gasteiger partial charge in [0, 0.05) is 39.7 Å². The average Bonchev–Trinajstić information content (AvgIpc) is 3.40. The van der Waals surface area contributed by atoms with Crippen molar-refractivity contribution in [2.45, 2.75) is 38.0 Å². The molecule has 5 aromatic rings. The molecular weight excluding hydrogens is 646 g/mol. The lowest BCUT2D eigenvalue weighted by Gasteiger charge is -2.31. The number of anilines is 2. The number of hydrogen-bond acceptors (Lipinski definition) is 9. The van der Waals surface area contributed by atoms with E-state index in [0.29, 0.717) is 28.0 Å². The number of aromatic nitrogens is 4. The van der Waals surface area contributed by atoms with E-state index in [1.807, 2.05) is 0 Å². The third-order valence-corrected chi connectivity index (χ3v) is 8.33. The van der Waals surface area contributed by atoms with Crippen molar-refractivity contribution in [3.05, 3.63) is 101 Å². The molecule has 1 aliphatic heterocycles. The molecule has 0 aliphatic carbocycles. The average molecular weight is 676 g/mol. The van der Waals surface area contributed by atoms with Gasteiger partial charge in [0.05, 0.1) is 23.4 Å². The van der Waals surface area contributed by atoms with E-state index in [4.69, 9.17) is 10.5 Å². The first-order valence-electron chi connectivity index (χ1n) is 14.9. The molecule has 49 heavy (non-hydrogen) atoms. The van der Waals surface area contributed by atoms with Crippen molar-refractivity contribution in [3.63, 3.8) is 0 Å². The van der Waals surface area contributed by atoms with Gasteiger partial charge < -0.3 is 26.2 Å². The Morgan fingerprint density at radius 2 is 1.71 bits per heavy atom. The number of halogens is 4. The summed E-state index contributed by atoms with van der Waals surface area (Å²) in [5.41, 5.74) is 1.33. The molecule has 0 radical (unpaired) electrons. The number of primary amides is 1. The van der Waals surface area contributed by atoms with Crippen LogP contribution in [0.2, 0.25) is 0 Å². The highest BCUT2D eigenvalue weighted by Crippen LogP contribution is 2.47. The Kier molecular flexibility index (Phi) is 8.18. The number of benzene rings is 2. The number of nitrogens with two attached hydrogens (primary N) is 1. The number of aryl methyl sites for hydroxylation is 2. The maximum atomic E-state index is 14.9. The molecule has 0 fully saturated rings. The van der Waals surface area contributed by atoms with E-state index < -0.39 is 47.1 Å². The second-order valence-electron chi connectivity index (χ2n) is 12.0. The van der Waals surface area contributed by atoms with Crippen LogP contribution in [0, 0.1) is 19.7 Å². The summed E-state index contributed by atoms with van der Waals surface area (Å²) in [6.07, 6.45) is -3.85. The van der Waals surface area contributed by atoms with E-state index in [9.17, 15) is 32.3 Å². The van der Waals surface area contributed by atoms with Gasteiger partial charge in [-0.15, -0.1) is 0 Å². The summed E-state index contributed by atoms with van der Waals surface area (Å²) in [7, 11) is 0. The van der Waals surface area contributed by atoms with E-state index >= 15 is 0 Å². The molecule has 252 valence electrons. The Balaban J connectivity index is 1.39. The van der Waals surface area contributed by atoms with Crippen LogP contribution in [0.3, 0.4) is 0 Å². The zero-order chi connectivity index (χ0) is 35.3. The molecule has 0 spiro atoms. The molecule has 15 heteroatoms. The minimum absolute atomic E-state index is 0.0391. The van der Waals surface area contributed by atoms with E-state index in [1.54, 1.807) is 32.0 Å². The zero-order valence-electron chi connectivity index (χ0n) is 26.3. The fourth-order valence-electron chi connectivity index (χ4n) is 5.57. The summed E-state index contributed by atoms with van der Waals surface area (Å²) in [4.78, 5) is 43.2. The molecule has 2 aromatic carbocycles. The molecule has 4 heterocycles. The molecule has 6 rings (SSSR count). The molecule has 2 amide bonds. The van der Waals surface area contributed by atoms with Gasteiger partial charge in [0.2, 0.25) is 17.5 Å². The van der Waals surface area contributed by atoms with E-state index in [0.717, 1.165) is 18.2 Å². The number of hydrogen-bond donors (Lipinski definition) is 4. The number of nitrogens with zero attached hydrogens (tertiary/aromatic N) is 4. The van der Waals surface area contributed by atoms with Crippen LogP contribution < -0.4 is 21.1 Å². The van der Waals surface area contributed by atoms with Gasteiger partial charge in [0.25, 0.3) is 5.91 Å². The summed E-state index contributed by atoms with van der Waals surface area (Å²) >= 11 is 0. The first-order valence-corrected chi connectivity index (χ1v) is 14.9. The highest BCUT2D eigenvalue weighted by molar-refractivity contribution is 6.02. The van der Waals surface area contributed by atoms with Gasteiger partial charge in [-0.1, -0.05) is 6.07 Å². The quantitative estimate of drug-likeness (QED) is 0.167. The van der Waals surface area contributed by atoms with Crippen LogP contribution in [-0.4, -0.2) is 56.2 Å². The summed E-state index contributed by atoms with van der Waals surface area (Å²) in [6, 6.07) is 13.5. The van der Waals surface area contributed by atoms with Crippen LogP contribution in [0.25, 0.3) is 22.2 Å². The number of rotatable bonds is 8. The van der Waals surface area contributed by atoms with Crippen LogP contribution in [0.1, 0.15) is 39.9 Å². The summed E-state index contributed by atoms with van der Waals surface area (Å²) < 4.78 is 64.0. The smallest absolute Gasteiger partial charge is 0.424 e. The number of ether oxygens (including phenoxy) is 1. The number of aliphatic hydroxyl groups is 1. The lowest BCUT2D eigenvalue weighted by atomic mass is 9.81. The zero-order valence-corrected chi connectivity index (χ0v) is 26.3. The van der Waals surface area contributed by atoms with Crippen molar-refractivity contribution in [1.29, 1.82) is 0 Å². The second-order valence-corrected chi connectivity index (χ2v) is 12.0. The molecule has 2 atom stereocenters. The van der Waals surface area contributed by atoms with Crippen LogP contribution in [0.15, 0.2) is 66.9 Å². The minimum atomic E-state index is -5.38. The van der Waals surface area contributed by atoms with Crippen molar-refractivity contribution in [1.82, 2.24) is 25.3 Å². The first-order chi connectivity index (χ1) is 23.1. The Labute approximate surface area is 276 Å². The van der Waals surface area contributed by atoms with Crippen molar-refractivity contribution < 1.29 is 37.0 Å². The molecule has 1 aliphatic rings. The predicted octanol–water partition coefficient (Wildman–Crippen LogP) is 4.90. The highest BCUT2D eigenvalue weighted by atomic mass is 19.4. The lowest BCUT2D eigenvalue weighted by Crippen LogP contribution is -2.51. The van der Waals surface area contributed by atoms with E-state index in [2.05, 4.69) is 30.6 Å². The highest BCUT2D eigenvalue weighted by Gasteiger charge is 2.57. The van der Waals surface area contributed by atoms with Crippen LogP contribution in [0.4, 0.5) is 29.2 Å². The normalized spacial score (nSPS) is 16.8. The van der Waals surface area contributed by atoms with Crippen molar-refractivity contribution in [3.8, 4) is 17.0 Å². The Morgan fingerprint density at radius 3 is 2.37 bits per heavy atom. The summed E-state index contributed by atoms with van der Waals surface area (Å²) in [5, 5.41) is 17.1. The minimum Gasteiger partial charge on any atom is -0.489 e. The third-order valence-electron chi connectivity index (χ3n) is 8.33. The Bertz CT molecular complexity index is 2110. The van der Waals surface area contributed by atoms with Gasteiger partial charge >= 0.3 is 6.18 Å². The van der Waals surface area contributed by atoms with Gasteiger partial charge in [0.15, 0.2) is 0 Å². The SMILES string of the molecule is Cc1cc(C)nc(Nc2cc(C(=O)NC[C@](O)(c3cc4c(c(-c5ccc(F)cc5)n3)OC[C@]4(C)C(N)=O)C(F)(F)F)cc3cccnc23)n1. The van der Waals surface area contributed by atoms with E-state index in [-0.39, 0.29) is 40.7 Å². The fraction of sp³-hybridized carbons (Fsp3) is 0.235. The molecule has 11 nitrogen and oxygen atoms in total. The van der Waals surface area contributed by atoms with Crippen LogP contribution in [0.5, 0.6) is 5.75 Å². The maximum Gasteiger partial charge on any atom is 0.424 e. The molecule has 0 bridgehead atoms. The standard InChI is InChI=1S/C34H29F4N7O4/c1-17-11-18(2)43-31(42-17)44-24-13-21(12-20-5-4-10-40-26(20)24)29(46)41-15-33(48,34(36,37)38)25-14-23-28(49-16-32(23,3)30(39)47)27(45-25)19-6-8-22(35)9-7-19/h4-14,48H,15-16H2,1-3H3,(H2,39,47)(H,41,46)(H,42,43,44)/t32-,33-/m0/s1. The first kappa shape index (κ1) is 33.2. The Morgan fingerprint density at radius 1 is 1.02 bits per heavy atom. The van der Waals surface area contributed by atoms with Crippen molar-refractivity contribution in [2.75, 3.05) is 18.5 Å². The van der Waals surface area contributed by atoms with Crippen LogP contribution in [-0.2, 0) is 15.8 Å². The number of alkyl halides is 3. The van der Waals surface area contributed by atoms with Crippen molar-refractivity contribution in [2.24, 2.45) is 5.73 Å². The maximum absolute atomic E-state index is 14.9. The van der Waals surface area contributed by atoms with Gasteiger partial charge in [0.1, 0.15) is 29.3 Å². The monoisotopic (exact) mass is 675 g/mol. The summed E-state index contributed by atoms with van der Waals surface area (Å²) in [5.74, 6) is -2.28. The van der Waals surface area contributed by atoms with E-state index in [1.165, 1.54) is 37.4 Å². The lowest BCUT2D eigenvalue weighted by molar-refractivity contribution is -0.265. The number of pyridine rings is 2. The van der Waals surface area contributed by atoms with Crippen LogP contribution >= 0.6 is 0 Å². The second kappa shape index (κ2) is 12.1. The van der Waals surface area contributed by atoms with Gasteiger partial charge in [-0.05, 0) is 75.4 Å². The summed E-state index contributed by atoms with van der Waals surface area (Å²) in [6.45, 7) is 3.27. The largest absolute Gasteiger partial charge is 0.489 e. The number of carbonyl (C=O) groups excluding carboxylic acids is 2. The molecule has 3 aromatic heterocycles. The van der Waals surface area contributed by atoms with Gasteiger partial charge in [-0.2, -0.15) is 13.2 Å². The van der Waals surface area contributed by atoms with Gasteiger partial charge in [-0.25, -0.2) is 19.3 Å². The third kappa shape index (κ3) is 6.08. The molecular formula is C34H29F4N7O4. The fourth-order valence-corrected chi connectivity index (χ4v) is 5.57. The molecule has 0 saturated heterocycles. The molecule has 0 saturated carbocycles.